The molecular weight excluding hydrogens is 372 g/mol. The second kappa shape index (κ2) is 6.66. The Morgan fingerprint density at radius 1 is 1.24 bits per heavy atom. The maximum atomic E-state index is 5.77. The van der Waals surface area contributed by atoms with Crippen LogP contribution in [0.4, 0.5) is 5.82 Å². The van der Waals surface area contributed by atoms with Gasteiger partial charge in [0.25, 0.3) is 0 Å². The molecule has 10 nitrogen and oxygen atoms in total. The zero-order chi connectivity index (χ0) is 20.1. The third-order valence-electron chi connectivity index (χ3n) is 5.29. The van der Waals surface area contributed by atoms with Crippen molar-refractivity contribution < 1.29 is 9.26 Å². The number of pyridine rings is 1. The van der Waals surface area contributed by atoms with E-state index >= 15 is 0 Å². The van der Waals surface area contributed by atoms with Crippen LogP contribution in [-0.2, 0) is 11.8 Å². The Morgan fingerprint density at radius 3 is 2.79 bits per heavy atom. The molecule has 150 valence electrons. The van der Waals surface area contributed by atoms with Crippen molar-refractivity contribution in [3.05, 3.63) is 23.5 Å². The molecule has 1 atom stereocenters. The largest absolute Gasteiger partial charge is 0.377 e. The molecule has 0 amide bonds. The lowest BCUT2D eigenvalue weighted by molar-refractivity contribution is 0.0986. The number of aromatic amines is 1. The van der Waals surface area contributed by atoms with Gasteiger partial charge in [0, 0.05) is 13.6 Å². The first-order chi connectivity index (χ1) is 14.0. The molecule has 4 aromatic rings. The third kappa shape index (κ3) is 2.87. The van der Waals surface area contributed by atoms with Gasteiger partial charge in [0.15, 0.2) is 11.3 Å². The highest BCUT2D eigenvalue weighted by Crippen LogP contribution is 2.37. The first-order valence-electron chi connectivity index (χ1n) is 9.56. The summed E-state index contributed by atoms with van der Waals surface area (Å²) in [7, 11) is 1.87. The van der Waals surface area contributed by atoms with Crippen LogP contribution in [-0.4, -0.2) is 61.1 Å². The SMILES string of the molecule is Cc1cc(-c2noc3c(-c4c(C)nnn4C)cc(N4CCOCC4C)nc23)[nH]n1. The van der Waals surface area contributed by atoms with E-state index in [2.05, 4.69) is 37.5 Å². The molecule has 1 aliphatic heterocycles. The van der Waals surface area contributed by atoms with E-state index < -0.39 is 0 Å². The molecule has 1 unspecified atom stereocenters. The van der Waals surface area contributed by atoms with Crippen LogP contribution in [0, 0.1) is 13.8 Å². The molecule has 29 heavy (non-hydrogen) atoms. The van der Waals surface area contributed by atoms with E-state index in [0.717, 1.165) is 40.7 Å². The zero-order valence-electron chi connectivity index (χ0n) is 16.8. The van der Waals surface area contributed by atoms with Gasteiger partial charge >= 0.3 is 0 Å². The van der Waals surface area contributed by atoms with E-state index in [1.54, 1.807) is 4.68 Å². The van der Waals surface area contributed by atoms with Crippen LogP contribution < -0.4 is 4.90 Å². The van der Waals surface area contributed by atoms with E-state index in [4.69, 9.17) is 14.2 Å². The number of morpholine rings is 1. The van der Waals surface area contributed by atoms with Gasteiger partial charge in [-0.1, -0.05) is 10.4 Å². The van der Waals surface area contributed by atoms with Gasteiger partial charge in [0.2, 0.25) is 0 Å². The zero-order valence-corrected chi connectivity index (χ0v) is 16.8. The van der Waals surface area contributed by atoms with Gasteiger partial charge < -0.3 is 14.2 Å². The summed E-state index contributed by atoms with van der Waals surface area (Å²) in [5, 5.41) is 19.9. The molecule has 1 fully saturated rings. The van der Waals surface area contributed by atoms with Crippen molar-refractivity contribution in [2.45, 2.75) is 26.8 Å². The fourth-order valence-electron chi connectivity index (χ4n) is 3.85. The Bertz CT molecular complexity index is 1170. The van der Waals surface area contributed by atoms with Gasteiger partial charge in [-0.05, 0) is 32.9 Å². The molecule has 0 spiro atoms. The number of aryl methyl sites for hydroxylation is 3. The summed E-state index contributed by atoms with van der Waals surface area (Å²) in [5.74, 6) is 0.851. The Kier molecular flexibility index (Phi) is 4.09. The molecule has 5 rings (SSSR count). The monoisotopic (exact) mass is 394 g/mol. The summed E-state index contributed by atoms with van der Waals surface area (Å²) in [5.41, 5.74) is 6.12. The van der Waals surface area contributed by atoms with Crippen LogP contribution in [0.1, 0.15) is 18.3 Å². The number of hydrogen-bond donors (Lipinski definition) is 1. The summed E-state index contributed by atoms with van der Waals surface area (Å²) in [6.45, 7) is 8.09. The Labute approximate surface area is 166 Å². The number of H-pyrrole nitrogens is 1. The van der Waals surface area contributed by atoms with Crippen molar-refractivity contribution in [2.24, 2.45) is 7.05 Å². The second-order valence-electron chi connectivity index (χ2n) is 7.42. The molecule has 0 radical (unpaired) electrons. The third-order valence-corrected chi connectivity index (χ3v) is 5.29. The summed E-state index contributed by atoms with van der Waals surface area (Å²) < 4.78 is 13.1. The molecule has 0 saturated carbocycles. The normalized spacial score (nSPS) is 17.4. The van der Waals surface area contributed by atoms with Crippen molar-refractivity contribution in [1.29, 1.82) is 0 Å². The number of fused-ring (bicyclic) bond motifs is 1. The Morgan fingerprint density at radius 2 is 2.10 bits per heavy atom. The molecule has 0 aliphatic carbocycles. The molecule has 1 aliphatic rings. The minimum atomic E-state index is 0.213. The molecule has 5 heterocycles. The van der Waals surface area contributed by atoms with Crippen molar-refractivity contribution in [3.8, 4) is 22.6 Å². The van der Waals surface area contributed by atoms with Gasteiger partial charge in [-0.3, -0.25) is 5.10 Å². The summed E-state index contributed by atoms with van der Waals surface area (Å²) in [6.07, 6.45) is 0. The Balaban J connectivity index is 1.77. The minimum absolute atomic E-state index is 0.213. The van der Waals surface area contributed by atoms with Gasteiger partial charge in [-0.15, -0.1) is 5.10 Å². The van der Waals surface area contributed by atoms with Gasteiger partial charge in [-0.2, -0.15) is 5.10 Å². The number of nitrogens with zero attached hydrogens (tertiary/aromatic N) is 7. The number of nitrogens with one attached hydrogen (secondary N) is 1. The number of ether oxygens (including phenoxy) is 1. The van der Waals surface area contributed by atoms with Crippen LogP contribution in [0.25, 0.3) is 33.7 Å². The molecule has 4 aromatic heterocycles. The van der Waals surface area contributed by atoms with E-state index in [-0.39, 0.29) is 6.04 Å². The van der Waals surface area contributed by atoms with E-state index in [0.29, 0.717) is 30.0 Å². The van der Waals surface area contributed by atoms with Gasteiger partial charge in [-0.25, -0.2) is 9.67 Å². The predicted octanol–water partition coefficient (Wildman–Crippen LogP) is 2.25. The maximum Gasteiger partial charge on any atom is 0.195 e. The standard InChI is InChI=1S/C19H22N8O2/c1-10-7-14(23-21-10)16-17-19(29-24-16)13(18-12(3)22-25-26(18)4)8-15(20-17)27-5-6-28-9-11(27)2/h7-8,11H,5-6,9H2,1-4H3,(H,21,23). The molecule has 10 heteroatoms. The number of aromatic nitrogens is 7. The Hall–Kier alpha value is -3.27. The van der Waals surface area contributed by atoms with Crippen molar-refractivity contribution in [2.75, 3.05) is 24.7 Å². The smallest absolute Gasteiger partial charge is 0.195 e. The summed E-state index contributed by atoms with van der Waals surface area (Å²) >= 11 is 0. The fraction of sp³-hybridized carbons (Fsp3) is 0.421. The van der Waals surface area contributed by atoms with E-state index in [1.807, 2.05) is 33.0 Å². The average molecular weight is 394 g/mol. The lowest BCUT2D eigenvalue weighted by atomic mass is 10.1. The van der Waals surface area contributed by atoms with Crippen molar-refractivity contribution in [1.82, 2.24) is 35.3 Å². The van der Waals surface area contributed by atoms with Gasteiger partial charge in [0.1, 0.15) is 11.3 Å². The maximum absolute atomic E-state index is 5.77. The molecule has 0 bridgehead atoms. The van der Waals surface area contributed by atoms with Crippen molar-refractivity contribution >= 4 is 16.9 Å². The van der Waals surface area contributed by atoms with Crippen LogP contribution in [0.3, 0.4) is 0 Å². The van der Waals surface area contributed by atoms with Gasteiger partial charge in [0.05, 0.1) is 47.6 Å². The van der Waals surface area contributed by atoms with E-state index in [1.165, 1.54) is 0 Å². The molecule has 1 saturated heterocycles. The number of rotatable bonds is 3. The minimum Gasteiger partial charge on any atom is -0.377 e. The second-order valence-corrected chi connectivity index (χ2v) is 7.42. The summed E-state index contributed by atoms with van der Waals surface area (Å²) in [4.78, 5) is 7.19. The highest BCUT2D eigenvalue weighted by molar-refractivity contribution is 5.98. The predicted molar refractivity (Wildman–Crippen MR) is 106 cm³/mol. The number of anilines is 1. The van der Waals surface area contributed by atoms with Crippen LogP contribution >= 0.6 is 0 Å². The molecule has 1 N–H and O–H groups in total. The summed E-state index contributed by atoms with van der Waals surface area (Å²) in [6, 6.07) is 4.17. The highest BCUT2D eigenvalue weighted by Gasteiger charge is 2.26. The van der Waals surface area contributed by atoms with Crippen LogP contribution in [0.2, 0.25) is 0 Å². The molecule has 0 aromatic carbocycles. The highest BCUT2D eigenvalue weighted by atomic mass is 16.5. The number of hydrogen-bond acceptors (Lipinski definition) is 8. The quantitative estimate of drug-likeness (QED) is 0.563. The topological polar surface area (TPSA) is 111 Å². The first kappa shape index (κ1) is 17.8. The van der Waals surface area contributed by atoms with Crippen LogP contribution in [0.15, 0.2) is 16.7 Å². The average Bonchev–Trinajstić information content (AvgIpc) is 3.40. The fourth-order valence-corrected chi connectivity index (χ4v) is 3.85. The lowest BCUT2D eigenvalue weighted by Crippen LogP contribution is -2.44. The lowest BCUT2D eigenvalue weighted by Gasteiger charge is -2.34. The van der Waals surface area contributed by atoms with Crippen LogP contribution in [0.5, 0.6) is 0 Å². The molecular formula is C19H22N8O2. The van der Waals surface area contributed by atoms with E-state index in [9.17, 15) is 0 Å². The van der Waals surface area contributed by atoms with Crippen molar-refractivity contribution in [3.63, 3.8) is 0 Å². The first-order valence-corrected chi connectivity index (χ1v) is 9.56.